The average molecular weight is 278 g/mol. The molecule has 0 aromatic carbocycles. The minimum Gasteiger partial charge on any atom is -0.381 e. The molecule has 1 aliphatic heterocycles. The molecule has 108 valence electrons. The fourth-order valence-electron chi connectivity index (χ4n) is 2.20. The first-order valence-electron chi connectivity index (χ1n) is 6.78. The van der Waals surface area contributed by atoms with E-state index in [-0.39, 0.29) is 18.4 Å². The Kier molecular flexibility index (Phi) is 6.55. The van der Waals surface area contributed by atoms with E-state index in [4.69, 9.17) is 4.74 Å². The standard InChI is InChI=1S/C12H26N2O3S/c1-4-17-8-9-18(15,16)14(11(2)3)10-12-6-5-7-13-12/h11-13H,4-10H2,1-3H3. The van der Waals surface area contributed by atoms with Gasteiger partial charge in [-0.25, -0.2) is 8.42 Å². The number of ether oxygens (including phenoxy) is 1. The van der Waals surface area contributed by atoms with Crippen LogP contribution in [-0.4, -0.2) is 56.9 Å². The predicted molar refractivity (Wildman–Crippen MR) is 73.1 cm³/mol. The Balaban J connectivity index is 2.58. The van der Waals surface area contributed by atoms with Crippen LogP contribution in [0.2, 0.25) is 0 Å². The first-order valence-corrected chi connectivity index (χ1v) is 8.39. The van der Waals surface area contributed by atoms with Gasteiger partial charge in [0.15, 0.2) is 0 Å². The molecule has 1 aliphatic rings. The van der Waals surface area contributed by atoms with Crippen LogP contribution in [0.15, 0.2) is 0 Å². The zero-order chi connectivity index (χ0) is 13.6. The summed E-state index contributed by atoms with van der Waals surface area (Å²) in [5, 5.41) is 3.34. The van der Waals surface area contributed by atoms with Gasteiger partial charge in [0, 0.05) is 25.2 Å². The monoisotopic (exact) mass is 278 g/mol. The van der Waals surface area contributed by atoms with E-state index >= 15 is 0 Å². The SMILES string of the molecule is CCOCCS(=O)(=O)N(CC1CCCN1)C(C)C. The number of sulfonamides is 1. The van der Waals surface area contributed by atoms with Gasteiger partial charge in [0.1, 0.15) is 0 Å². The van der Waals surface area contributed by atoms with Crippen molar-refractivity contribution in [2.24, 2.45) is 0 Å². The van der Waals surface area contributed by atoms with Gasteiger partial charge in [0.2, 0.25) is 10.0 Å². The summed E-state index contributed by atoms with van der Waals surface area (Å²) < 4.78 is 31.3. The van der Waals surface area contributed by atoms with Crippen molar-refractivity contribution in [1.29, 1.82) is 0 Å². The van der Waals surface area contributed by atoms with E-state index in [9.17, 15) is 8.42 Å². The highest BCUT2D eigenvalue weighted by atomic mass is 32.2. The second kappa shape index (κ2) is 7.43. The highest BCUT2D eigenvalue weighted by molar-refractivity contribution is 7.89. The summed E-state index contributed by atoms with van der Waals surface area (Å²) in [6.07, 6.45) is 2.19. The lowest BCUT2D eigenvalue weighted by atomic mass is 10.2. The molecule has 0 aliphatic carbocycles. The largest absolute Gasteiger partial charge is 0.381 e. The van der Waals surface area contributed by atoms with Gasteiger partial charge in [-0.3, -0.25) is 0 Å². The first-order chi connectivity index (χ1) is 8.47. The van der Waals surface area contributed by atoms with Gasteiger partial charge < -0.3 is 10.1 Å². The van der Waals surface area contributed by atoms with E-state index in [1.807, 2.05) is 20.8 Å². The van der Waals surface area contributed by atoms with Crippen LogP contribution in [0.5, 0.6) is 0 Å². The number of nitrogens with zero attached hydrogens (tertiary/aromatic N) is 1. The molecule has 1 saturated heterocycles. The maximum Gasteiger partial charge on any atom is 0.216 e. The van der Waals surface area contributed by atoms with E-state index in [1.165, 1.54) is 0 Å². The minimum atomic E-state index is -3.21. The van der Waals surface area contributed by atoms with E-state index in [1.54, 1.807) is 4.31 Å². The molecule has 18 heavy (non-hydrogen) atoms. The quantitative estimate of drug-likeness (QED) is 0.668. The Morgan fingerprint density at radius 3 is 2.67 bits per heavy atom. The maximum absolute atomic E-state index is 12.3. The summed E-state index contributed by atoms with van der Waals surface area (Å²) in [4.78, 5) is 0. The molecule has 0 radical (unpaired) electrons. The Hall–Kier alpha value is -0.170. The smallest absolute Gasteiger partial charge is 0.216 e. The fraction of sp³-hybridized carbons (Fsp3) is 1.00. The van der Waals surface area contributed by atoms with Gasteiger partial charge in [0.05, 0.1) is 12.4 Å². The van der Waals surface area contributed by atoms with Crippen molar-refractivity contribution in [3.8, 4) is 0 Å². The van der Waals surface area contributed by atoms with Crippen molar-refractivity contribution in [3.05, 3.63) is 0 Å². The molecular weight excluding hydrogens is 252 g/mol. The molecule has 0 amide bonds. The van der Waals surface area contributed by atoms with Crippen molar-refractivity contribution in [2.45, 2.75) is 45.7 Å². The van der Waals surface area contributed by atoms with E-state index in [0.29, 0.717) is 19.2 Å². The number of hydrogen-bond acceptors (Lipinski definition) is 4. The highest BCUT2D eigenvalue weighted by Crippen LogP contribution is 2.13. The van der Waals surface area contributed by atoms with Crippen LogP contribution < -0.4 is 5.32 Å². The molecule has 0 spiro atoms. The van der Waals surface area contributed by atoms with Crippen LogP contribution in [0, 0.1) is 0 Å². The molecule has 1 unspecified atom stereocenters. The van der Waals surface area contributed by atoms with Crippen molar-refractivity contribution in [3.63, 3.8) is 0 Å². The zero-order valence-electron chi connectivity index (χ0n) is 11.7. The normalized spacial score (nSPS) is 21.1. The van der Waals surface area contributed by atoms with Gasteiger partial charge in [0.25, 0.3) is 0 Å². The Bertz CT molecular complexity index is 324. The van der Waals surface area contributed by atoms with Crippen molar-refractivity contribution >= 4 is 10.0 Å². The van der Waals surface area contributed by atoms with Crippen molar-refractivity contribution < 1.29 is 13.2 Å². The lowest BCUT2D eigenvalue weighted by molar-refractivity contribution is 0.162. The minimum absolute atomic E-state index is 0.000901. The molecule has 1 fully saturated rings. The van der Waals surface area contributed by atoms with Gasteiger partial charge in [-0.05, 0) is 40.2 Å². The van der Waals surface area contributed by atoms with Crippen molar-refractivity contribution in [1.82, 2.24) is 9.62 Å². The maximum atomic E-state index is 12.3. The molecule has 1 atom stereocenters. The summed E-state index contributed by atoms with van der Waals surface area (Å²) in [5.41, 5.74) is 0. The summed E-state index contributed by atoms with van der Waals surface area (Å²) in [5.74, 6) is 0.0751. The van der Waals surface area contributed by atoms with Crippen molar-refractivity contribution in [2.75, 3.05) is 32.1 Å². The Morgan fingerprint density at radius 1 is 1.44 bits per heavy atom. The molecule has 1 rings (SSSR count). The van der Waals surface area contributed by atoms with E-state index in [2.05, 4.69) is 5.32 Å². The average Bonchev–Trinajstić information content (AvgIpc) is 2.78. The molecule has 0 aromatic heterocycles. The lowest BCUT2D eigenvalue weighted by Gasteiger charge is -2.28. The molecule has 5 nitrogen and oxygen atoms in total. The molecular formula is C12H26N2O3S. The molecule has 0 bridgehead atoms. The summed E-state index contributed by atoms with van der Waals surface area (Å²) in [7, 11) is -3.21. The lowest BCUT2D eigenvalue weighted by Crippen LogP contribution is -2.46. The van der Waals surface area contributed by atoms with Gasteiger partial charge in [-0.2, -0.15) is 4.31 Å². The van der Waals surface area contributed by atoms with Crippen LogP contribution in [0.4, 0.5) is 0 Å². The Labute approximate surface area is 111 Å². The third-order valence-electron chi connectivity index (χ3n) is 3.19. The van der Waals surface area contributed by atoms with Crippen LogP contribution in [0.3, 0.4) is 0 Å². The number of rotatable bonds is 8. The number of hydrogen-bond donors (Lipinski definition) is 1. The third kappa shape index (κ3) is 4.84. The summed E-state index contributed by atoms with van der Waals surface area (Å²) in [6, 6.07) is 0.299. The zero-order valence-corrected chi connectivity index (χ0v) is 12.5. The molecule has 6 heteroatoms. The number of nitrogens with one attached hydrogen (secondary N) is 1. The predicted octanol–water partition coefficient (Wildman–Crippen LogP) is 0.815. The summed E-state index contributed by atoms with van der Waals surface area (Å²) in [6.45, 7) is 8.12. The Morgan fingerprint density at radius 2 is 2.17 bits per heavy atom. The molecule has 1 heterocycles. The van der Waals surface area contributed by atoms with E-state index < -0.39 is 10.0 Å². The van der Waals surface area contributed by atoms with Gasteiger partial charge in [-0.15, -0.1) is 0 Å². The van der Waals surface area contributed by atoms with Crippen LogP contribution in [0.25, 0.3) is 0 Å². The first kappa shape index (κ1) is 15.9. The molecule has 0 aromatic rings. The highest BCUT2D eigenvalue weighted by Gasteiger charge is 2.28. The fourth-order valence-corrected chi connectivity index (χ4v) is 3.81. The van der Waals surface area contributed by atoms with Gasteiger partial charge in [-0.1, -0.05) is 0 Å². The third-order valence-corrected chi connectivity index (χ3v) is 5.15. The second-order valence-electron chi connectivity index (χ2n) is 4.97. The van der Waals surface area contributed by atoms with Crippen LogP contribution >= 0.6 is 0 Å². The summed E-state index contributed by atoms with van der Waals surface area (Å²) >= 11 is 0. The van der Waals surface area contributed by atoms with Crippen LogP contribution in [-0.2, 0) is 14.8 Å². The van der Waals surface area contributed by atoms with Crippen LogP contribution in [0.1, 0.15) is 33.6 Å². The molecule has 0 saturated carbocycles. The molecule has 1 N–H and O–H groups in total. The van der Waals surface area contributed by atoms with E-state index in [0.717, 1.165) is 19.4 Å². The topological polar surface area (TPSA) is 58.6 Å². The second-order valence-corrected chi connectivity index (χ2v) is 7.01. The van der Waals surface area contributed by atoms with Gasteiger partial charge >= 0.3 is 0 Å².